The van der Waals surface area contributed by atoms with Crippen molar-refractivity contribution in [2.75, 3.05) is 25.0 Å². The van der Waals surface area contributed by atoms with Gasteiger partial charge in [0.1, 0.15) is 18.0 Å². The Morgan fingerprint density at radius 1 is 1.22 bits per heavy atom. The van der Waals surface area contributed by atoms with Gasteiger partial charge in [-0.25, -0.2) is 19.0 Å². The van der Waals surface area contributed by atoms with E-state index in [2.05, 4.69) is 25.3 Å². The van der Waals surface area contributed by atoms with Crippen molar-refractivity contribution in [1.29, 1.82) is 0 Å². The molecule has 3 aromatic rings. The fourth-order valence-corrected chi connectivity index (χ4v) is 3.38. The molecule has 3 heterocycles. The van der Waals surface area contributed by atoms with Gasteiger partial charge < -0.3 is 11.1 Å². The van der Waals surface area contributed by atoms with Crippen LogP contribution in [0, 0.1) is 5.82 Å². The maximum atomic E-state index is 13.2. The molecule has 8 nitrogen and oxygen atoms in total. The highest BCUT2D eigenvalue weighted by Gasteiger charge is 2.21. The lowest BCUT2D eigenvalue weighted by atomic mass is 10.0. The van der Waals surface area contributed by atoms with E-state index in [1.807, 2.05) is 0 Å². The summed E-state index contributed by atoms with van der Waals surface area (Å²) in [6.45, 7) is 1.92. The van der Waals surface area contributed by atoms with Gasteiger partial charge in [-0.15, -0.1) is 0 Å². The van der Waals surface area contributed by atoms with Crippen molar-refractivity contribution in [3.63, 3.8) is 0 Å². The number of fused-ring (bicyclic) bond motifs is 1. The molecule has 1 fully saturated rings. The van der Waals surface area contributed by atoms with Crippen LogP contribution in [0.2, 0.25) is 0 Å². The van der Waals surface area contributed by atoms with Gasteiger partial charge >= 0.3 is 0 Å². The number of hydrogen-bond acceptors (Lipinski definition) is 6. The first kappa shape index (κ1) is 17.3. The third-order valence-corrected chi connectivity index (χ3v) is 4.74. The number of hydrogen-bond donors (Lipinski definition) is 2. The molecule has 1 aliphatic heterocycles. The Morgan fingerprint density at radius 2 is 1.96 bits per heavy atom. The smallest absolute Gasteiger partial charge is 0.231 e. The minimum absolute atomic E-state index is 0.251. The number of nitrogens with one attached hydrogen (secondary N) is 1. The SMILES string of the molecule is NC(=O)CN1CCC(Nc2ncnc3c2cnn3-c2ccc(F)cc2)CC1. The number of aromatic nitrogens is 4. The molecule has 4 rings (SSSR count). The fraction of sp³-hybridized carbons (Fsp3) is 0.333. The van der Waals surface area contributed by atoms with Crippen LogP contribution in [0.4, 0.5) is 10.2 Å². The highest BCUT2D eigenvalue weighted by Crippen LogP contribution is 2.24. The summed E-state index contributed by atoms with van der Waals surface area (Å²) in [5.74, 6) is 0.128. The molecule has 0 unspecified atom stereocenters. The monoisotopic (exact) mass is 369 g/mol. The number of rotatable bonds is 5. The van der Waals surface area contributed by atoms with Crippen LogP contribution in [0.25, 0.3) is 16.7 Å². The molecule has 0 atom stereocenters. The van der Waals surface area contributed by atoms with Crippen molar-refractivity contribution in [3.05, 3.63) is 42.6 Å². The zero-order valence-electron chi connectivity index (χ0n) is 14.7. The number of primary amides is 1. The number of benzene rings is 1. The first-order valence-electron chi connectivity index (χ1n) is 8.82. The molecule has 3 N–H and O–H groups in total. The van der Waals surface area contributed by atoms with Gasteiger partial charge in [-0.1, -0.05) is 0 Å². The van der Waals surface area contributed by atoms with Crippen LogP contribution >= 0.6 is 0 Å². The largest absolute Gasteiger partial charge is 0.369 e. The standard InChI is InChI=1S/C18H20FN7O/c19-12-1-3-14(4-2-12)26-18-15(9-23-26)17(21-11-22-18)24-13-5-7-25(8-6-13)10-16(20)27/h1-4,9,11,13H,5-8,10H2,(H2,20,27)(H,21,22,24). The van der Waals surface area contributed by atoms with Crippen molar-refractivity contribution in [2.24, 2.45) is 5.73 Å². The van der Waals surface area contributed by atoms with Gasteiger partial charge in [-0.05, 0) is 37.1 Å². The molecule has 0 spiro atoms. The molecule has 9 heteroatoms. The number of carbonyl (C=O) groups is 1. The summed E-state index contributed by atoms with van der Waals surface area (Å²) >= 11 is 0. The number of halogens is 1. The van der Waals surface area contributed by atoms with Gasteiger partial charge in [0.15, 0.2) is 5.65 Å². The molecule has 27 heavy (non-hydrogen) atoms. The van der Waals surface area contributed by atoms with Crippen LogP contribution in [-0.4, -0.2) is 56.2 Å². The molecule has 0 aliphatic carbocycles. The molecule has 1 aromatic carbocycles. The summed E-state index contributed by atoms with van der Waals surface area (Å²) in [7, 11) is 0. The van der Waals surface area contributed by atoms with Crippen LogP contribution in [0.5, 0.6) is 0 Å². The van der Waals surface area contributed by atoms with E-state index in [0.717, 1.165) is 42.8 Å². The predicted octanol–water partition coefficient (Wildman–Crippen LogP) is 1.32. The molecule has 140 valence electrons. The number of nitrogens with two attached hydrogens (primary N) is 1. The maximum Gasteiger partial charge on any atom is 0.231 e. The number of anilines is 1. The quantitative estimate of drug-likeness (QED) is 0.703. The van der Waals surface area contributed by atoms with Gasteiger partial charge in [0.05, 0.1) is 23.8 Å². The third kappa shape index (κ3) is 3.72. The van der Waals surface area contributed by atoms with Crippen molar-refractivity contribution in [2.45, 2.75) is 18.9 Å². The lowest BCUT2D eigenvalue weighted by molar-refractivity contribution is -0.119. The molecule has 0 radical (unpaired) electrons. The summed E-state index contributed by atoms with van der Waals surface area (Å²) in [6, 6.07) is 6.35. The van der Waals surface area contributed by atoms with E-state index in [0.29, 0.717) is 12.2 Å². The average Bonchev–Trinajstić information content (AvgIpc) is 3.09. The van der Waals surface area contributed by atoms with E-state index in [-0.39, 0.29) is 17.8 Å². The molecular formula is C18H20FN7O. The number of likely N-dealkylation sites (tertiary alicyclic amines) is 1. The first-order valence-corrected chi connectivity index (χ1v) is 8.82. The number of amides is 1. The van der Waals surface area contributed by atoms with Crippen molar-refractivity contribution in [1.82, 2.24) is 24.6 Å². The highest BCUT2D eigenvalue weighted by molar-refractivity contribution is 5.87. The molecule has 1 amide bonds. The van der Waals surface area contributed by atoms with Crippen LogP contribution in [0.15, 0.2) is 36.8 Å². The van der Waals surface area contributed by atoms with Crippen LogP contribution in [-0.2, 0) is 4.79 Å². The Balaban J connectivity index is 1.52. The highest BCUT2D eigenvalue weighted by atomic mass is 19.1. The average molecular weight is 369 g/mol. The first-order chi connectivity index (χ1) is 13.1. The second kappa shape index (κ2) is 7.28. The molecular weight excluding hydrogens is 349 g/mol. The molecule has 2 aromatic heterocycles. The zero-order valence-corrected chi connectivity index (χ0v) is 14.7. The van der Waals surface area contributed by atoms with E-state index in [9.17, 15) is 9.18 Å². The third-order valence-electron chi connectivity index (χ3n) is 4.74. The number of nitrogens with zero attached hydrogens (tertiary/aromatic N) is 5. The molecule has 1 aliphatic rings. The minimum Gasteiger partial charge on any atom is -0.369 e. The summed E-state index contributed by atoms with van der Waals surface area (Å²) < 4.78 is 14.8. The van der Waals surface area contributed by atoms with Gasteiger partial charge in [0, 0.05) is 19.1 Å². The van der Waals surface area contributed by atoms with E-state index >= 15 is 0 Å². The van der Waals surface area contributed by atoms with Crippen molar-refractivity contribution < 1.29 is 9.18 Å². The Morgan fingerprint density at radius 3 is 2.67 bits per heavy atom. The van der Waals surface area contributed by atoms with Crippen LogP contribution < -0.4 is 11.1 Å². The summed E-state index contributed by atoms with van der Waals surface area (Å²) in [4.78, 5) is 21.8. The summed E-state index contributed by atoms with van der Waals surface area (Å²) in [6.07, 6.45) is 4.99. The second-order valence-corrected chi connectivity index (χ2v) is 6.65. The lowest BCUT2D eigenvalue weighted by Gasteiger charge is -2.31. The van der Waals surface area contributed by atoms with Gasteiger partial charge in [0.25, 0.3) is 0 Å². The van der Waals surface area contributed by atoms with Gasteiger partial charge in [-0.3, -0.25) is 9.69 Å². The van der Waals surface area contributed by atoms with Crippen LogP contribution in [0.3, 0.4) is 0 Å². The second-order valence-electron chi connectivity index (χ2n) is 6.65. The molecule has 1 saturated heterocycles. The van der Waals surface area contributed by atoms with Gasteiger partial charge in [0.2, 0.25) is 5.91 Å². The van der Waals surface area contributed by atoms with Crippen LogP contribution in [0.1, 0.15) is 12.8 Å². The van der Waals surface area contributed by atoms with Crippen molar-refractivity contribution >= 4 is 22.8 Å². The Labute approximate surface area is 155 Å². The lowest BCUT2D eigenvalue weighted by Crippen LogP contribution is -2.43. The minimum atomic E-state index is -0.299. The number of piperidine rings is 1. The topological polar surface area (TPSA) is 102 Å². The predicted molar refractivity (Wildman–Crippen MR) is 98.9 cm³/mol. The molecule has 0 bridgehead atoms. The Bertz CT molecular complexity index is 948. The summed E-state index contributed by atoms with van der Waals surface area (Å²) in [5, 5.41) is 8.66. The van der Waals surface area contributed by atoms with E-state index in [1.165, 1.54) is 18.5 Å². The normalized spacial score (nSPS) is 15.9. The zero-order chi connectivity index (χ0) is 18.8. The van der Waals surface area contributed by atoms with Gasteiger partial charge in [-0.2, -0.15) is 5.10 Å². The Kier molecular flexibility index (Phi) is 4.68. The van der Waals surface area contributed by atoms with E-state index in [4.69, 9.17) is 5.73 Å². The van der Waals surface area contributed by atoms with Crippen molar-refractivity contribution in [3.8, 4) is 5.69 Å². The molecule has 0 saturated carbocycles. The maximum absolute atomic E-state index is 13.2. The Hall–Kier alpha value is -3.07. The van der Waals surface area contributed by atoms with E-state index < -0.39 is 0 Å². The van der Waals surface area contributed by atoms with E-state index in [1.54, 1.807) is 23.0 Å². The summed E-state index contributed by atoms with van der Waals surface area (Å²) in [5.41, 5.74) is 6.65. The fourth-order valence-electron chi connectivity index (χ4n) is 3.38. The number of carbonyl (C=O) groups excluding carboxylic acids is 1.